The van der Waals surface area contributed by atoms with Gasteiger partial charge in [-0.1, -0.05) is 6.07 Å². The molecule has 1 rings (SSSR count). The summed E-state index contributed by atoms with van der Waals surface area (Å²) in [6, 6.07) is 2.98. The molecular weight excluding hydrogens is 232 g/mol. The maximum Gasteiger partial charge on any atom is 0.130 e. The number of aliphatic hydroxyl groups excluding tert-OH is 1. The Bertz CT molecular complexity index is 336. The Morgan fingerprint density at radius 2 is 2.12 bits per heavy atom. The van der Waals surface area contributed by atoms with Crippen molar-refractivity contribution in [3.63, 3.8) is 0 Å². The van der Waals surface area contributed by atoms with Crippen LogP contribution in [0.3, 0.4) is 0 Å². The molecule has 2 nitrogen and oxygen atoms in total. The fourth-order valence-electron chi connectivity index (χ4n) is 1.27. The van der Waals surface area contributed by atoms with Gasteiger partial charge in [-0.25, -0.2) is 8.78 Å². The summed E-state index contributed by atoms with van der Waals surface area (Å²) in [6.07, 6.45) is 0.698. The van der Waals surface area contributed by atoms with E-state index in [9.17, 15) is 8.78 Å². The Kier molecular flexibility index (Phi) is 5.73. The minimum atomic E-state index is -0.602. The Hall–Kier alpha value is -0.650. The third kappa shape index (κ3) is 4.08. The molecule has 1 aromatic rings. The summed E-state index contributed by atoms with van der Waals surface area (Å²) in [6.45, 7) is 0.146. The van der Waals surface area contributed by atoms with Gasteiger partial charge in [0.05, 0.1) is 0 Å². The van der Waals surface area contributed by atoms with Gasteiger partial charge in [0.15, 0.2) is 0 Å². The molecule has 0 amide bonds. The number of halogens is 2. The lowest BCUT2D eigenvalue weighted by Crippen LogP contribution is -2.15. The van der Waals surface area contributed by atoms with Crippen LogP contribution in [0.15, 0.2) is 18.2 Å². The van der Waals surface area contributed by atoms with Crippen LogP contribution in [0.4, 0.5) is 8.78 Å². The molecular formula is C11H15F2NOS. The van der Waals surface area contributed by atoms with Gasteiger partial charge >= 0.3 is 0 Å². The molecule has 0 radical (unpaired) electrons. The number of benzene rings is 1. The van der Waals surface area contributed by atoms with Crippen LogP contribution in [0.25, 0.3) is 0 Å². The molecule has 1 atom stereocenters. The lowest BCUT2D eigenvalue weighted by molar-refractivity contribution is 0.296. The zero-order valence-corrected chi connectivity index (χ0v) is 9.64. The van der Waals surface area contributed by atoms with E-state index in [1.165, 1.54) is 12.1 Å². The number of hydrogen-bond acceptors (Lipinski definition) is 3. The van der Waals surface area contributed by atoms with E-state index < -0.39 is 17.7 Å². The maximum atomic E-state index is 13.3. The van der Waals surface area contributed by atoms with Crippen molar-refractivity contribution in [3.8, 4) is 0 Å². The molecule has 0 aliphatic rings. The van der Waals surface area contributed by atoms with E-state index in [0.717, 1.165) is 11.8 Å². The zero-order chi connectivity index (χ0) is 12.0. The zero-order valence-electron chi connectivity index (χ0n) is 8.83. The third-order valence-corrected chi connectivity index (χ3v) is 3.28. The van der Waals surface area contributed by atoms with Crippen molar-refractivity contribution < 1.29 is 13.9 Å². The van der Waals surface area contributed by atoms with E-state index in [1.54, 1.807) is 11.8 Å². The van der Waals surface area contributed by atoms with Crippen LogP contribution in [-0.2, 0) is 0 Å². The summed E-state index contributed by atoms with van der Waals surface area (Å²) in [7, 11) is 0. The molecule has 3 N–H and O–H groups in total. The van der Waals surface area contributed by atoms with Gasteiger partial charge in [0.1, 0.15) is 11.6 Å². The van der Waals surface area contributed by atoms with Crippen LogP contribution in [0.5, 0.6) is 0 Å². The van der Waals surface area contributed by atoms with E-state index in [2.05, 4.69) is 0 Å². The summed E-state index contributed by atoms with van der Waals surface area (Å²) < 4.78 is 26.0. The molecule has 90 valence electrons. The van der Waals surface area contributed by atoms with Crippen molar-refractivity contribution in [2.45, 2.75) is 12.5 Å². The van der Waals surface area contributed by atoms with Gasteiger partial charge in [0, 0.05) is 30.0 Å². The van der Waals surface area contributed by atoms with Crippen LogP contribution in [0.2, 0.25) is 0 Å². The summed E-state index contributed by atoms with van der Waals surface area (Å²) in [5.74, 6) is 0.145. The van der Waals surface area contributed by atoms with E-state index in [4.69, 9.17) is 10.8 Å². The molecule has 1 aromatic carbocycles. The number of nitrogens with two attached hydrogens (primary N) is 1. The van der Waals surface area contributed by atoms with Gasteiger partial charge in [-0.3, -0.25) is 0 Å². The lowest BCUT2D eigenvalue weighted by atomic mass is 10.1. The standard InChI is InChI=1S/C11H15F2NOS/c12-8-2-3-9(10(13)6-8)11(14)7-16-5-1-4-15/h2-3,6,11,15H,1,4-5,7,14H2. The molecule has 5 heteroatoms. The quantitative estimate of drug-likeness (QED) is 0.757. The topological polar surface area (TPSA) is 46.2 Å². The Morgan fingerprint density at radius 3 is 2.75 bits per heavy atom. The average molecular weight is 247 g/mol. The average Bonchev–Trinajstić information content (AvgIpc) is 2.24. The SMILES string of the molecule is NC(CSCCCO)c1ccc(F)cc1F. The van der Waals surface area contributed by atoms with Crippen molar-refractivity contribution >= 4 is 11.8 Å². The summed E-state index contributed by atoms with van der Waals surface area (Å²) in [5, 5.41) is 8.58. The normalized spacial score (nSPS) is 12.8. The van der Waals surface area contributed by atoms with Gasteiger partial charge in [0.2, 0.25) is 0 Å². The van der Waals surface area contributed by atoms with E-state index >= 15 is 0 Å². The number of aliphatic hydroxyl groups is 1. The van der Waals surface area contributed by atoms with Crippen molar-refractivity contribution in [1.29, 1.82) is 0 Å². The number of hydrogen-bond donors (Lipinski definition) is 2. The Labute approximate surface area is 97.8 Å². The monoisotopic (exact) mass is 247 g/mol. The van der Waals surface area contributed by atoms with Gasteiger partial charge < -0.3 is 10.8 Å². The highest BCUT2D eigenvalue weighted by atomic mass is 32.2. The van der Waals surface area contributed by atoms with Crippen LogP contribution in [-0.4, -0.2) is 23.2 Å². The van der Waals surface area contributed by atoms with Gasteiger partial charge in [-0.15, -0.1) is 0 Å². The maximum absolute atomic E-state index is 13.3. The molecule has 0 aliphatic carbocycles. The molecule has 0 heterocycles. The highest BCUT2D eigenvalue weighted by molar-refractivity contribution is 7.99. The molecule has 16 heavy (non-hydrogen) atoms. The minimum Gasteiger partial charge on any atom is -0.396 e. The predicted octanol–water partition coefficient (Wildman–Crippen LogP) is 2.08. The second kappa shape index (κ2) is 6.83. The van der Waals surface area contributed by atoms with Crippen LogP contribution in [0.1, 0.15) is 18.0 Å². The third-order valence-electron chi connectivity index (χ3n) is 2.11. The smallest absolute Gasteiger partial charge is 0.130 e. The van der Waals surface area contributed by atoms with E-state index in [1.807, 2.05) is 0 Å². The molecule has 0 spiro atoms. The lowest BCUT2D eigenvalue weighted by Gasteiger charge is -2.12. The van der Waals surface area contributed by atoms with Crippen LogP contribution < -0.4 is 5.73 Å². The van der Waals surface area contributed by atoms with E-state index in [-0.39, 0.29) is 6.61 Å². The predicted molar refractivity (Wildman–Crippen MR) is 62.3 cm³/mol. The van der Waals surface area contributed by atoms with E-state index in [0.29, 0.717) is 17.7 Å². The minimum absolute atomic E-state index is 0.146. The van der Waals surface area contributed by atoms with Gasteiger partial charge in [-0.2, -0.15) is 11.8 Å². The molecule has 0 bridgehead atoms. The van der Waals surface area contributed by atoms with Gasteiger partial charge in [0.25, 0.3) is 0 Å². The molecule has 1 unspecified atom stereocenters. The second-order valence-corrected chi connectivity index (χ2v) is 4.57. The Balaban J connectivity index is 2.49. The summed E-state index contributed by atoms with van der Waals surface area (Å²) >= 11 is 1.55. The van der Waals surface area contributed by atoms with Crippen molar-refractivity contribution in [1.82, 2.24) is 0 Å². The first-order valence-corrected chi connectivity index (χ1v) is 6.19. The highest BCUT2D eigenvalue weighted by Crippen LogP contribution is 2.20. The van der Waals surface area contributed by atoms with Gasteiger partial charge in [-0.05, 0) is 18.2 Å². The number of rotatable bonds is 6. The number of thioether (sulfide) groups is 1. The Morgan fingerprint density at radius 1 is 1.38 bits per heavy atom. The highest BCUT2D eigenvalue weighted by Gasteiger charge is 2.11. The molecule has 0 saturated heterocycles. The molecule has 0 aliphatic heterocycles. The van der Waals surface area contributed by atoms with Crippen molar-refractivity contribution in [2.24, 2.45) is 5.73 Å². The van der Waals surface area contributed by atoms with Crippen LogP contribution >= 0.6 is 11.8 Å². The molecule has 0 fully saturated rings. The van der Waals surface area contributed by atoms with Crippen molar-refractivity contribution in [3.05, 3.63) is 35.4 Å². The summed E-state index contributed by atoms with van der Waals surface area (Å²) in [5.41, 5.74) is 6.11. The largest absolute Gasteiger partial charge is 0.396 e. The molecule has 0 saturated carbocycles. The fourth-order valence-corrected chi connectivity index (χ4v) is 2.20. The summed E-state index contributed by atoms with van der Waals surface area (Å²) in [4.78, 5) is 0. The van der Waals surface area contributed by atoms with Crippen molar-refractivity contribution in [2.75, 3.05) is 18.1 Å². The fraction of sp³-hybridized carbons (Fsp3) is 0.455. The van der Waals surface area contributed by atoms with Crippen LogP contribution in [0, 0.1) is 11.6 Å². The first-order valence-electron chi connectivity index (χ1n) is 5.04. The first kappa shape index (κ1) is 13.4. The second-order valence-electron chi connectivity index (χ2n) is 3.42. The molecule has 0 aromatic heterocycles. The first-order chi connectivity index (χ1) is 7.65.